The van der Waals surface area contributed by atoms with Crippen LogP contribution in [0, 0.1) is 17.0 Å². The molecule has 40 heavy (non-hydrogen) atoms. The summed E-state index contributed by atoms with van der Waals surface area (Å²) in [7, 11) is 3.86. The maximum absolute atomic E-state index is 15.1. The molecule has 3 aromatic rings. The van der Waals surface area contributed by atoms with Crippen molar-refractivity contribution in [3.05, 3.63) is 47.2 Å². The number of fused-ring (bicyclic) bond motifs is 5. The van der Waals surface area contributed by atoms with Gasteiger partial charge in [-0.2, -0.15) is 9.97 Å². The van der Waals surface area contributed by atoms with E-state index in [4.69, 9.17) is 17.4 Å². The van der Waals surface area contributed by atoms with Crippen LogP contribution in [0.5, 0.6) is 11.8 Å². The second-order valence-electron chi connectivity index (χ2n) is 12.1. The fourth-order valence-corrected chi connectivity index (χ4v) is 6.66. The molecule has 0 radical (unpaired) electrons. The minimum atomic E-state index is -1.97. The summed E-state index contributed by atoms with van der Waals surface area (Å²) in [5, 5.41) is 14.5. The number of aromatic nitrogens is 2. The molecule has 8 rings (SSSR count). The summed E-state index contributed by atoms with van der Waals surface area (Å²) < 4.78 is 53.3. The van der Waals surface area contributed by atoms with Crippen LogP contribution in [0.15, 0.2) is 24.3 Å². The Hall–Kier alpha value is -3.24. The lowest BCUT2D eigenvalue weighted by Gasteiger charge is -2.47. The SMILES string of the molecule is [2H]C([2H])(Oc1nc2c(c(N3CC4CCC3CN4)n1)CCN(c1cc(O)cc3ccc(F)c(F)c13)C2)C1(CN(C)C)CC1. The molecule has 8 nitrogen and oxygen atoms in total. The summed E-state index contributed by atoms with van der Waals surface area (Å²) in [6.07, 6.45) is 4.15. The standard InChI is InChI=1S/C30H36F2N6O2/c1-36(2)16-30(8-9-30)17-40-29-34-24-15-37(25-12-21(39)11-18-3-6-23(31)27(32)26(18)25)10-7-22(24)28(35-29)38-14-19-4-5-20(38)13-33-19/h3,6,11-12,19-20,33,39H,4-5,7-10,13-17H2,1-2H3/i17D2. The number of hydrogen-bond donors (Lipinski definition) is 2. The Morgan fingerprint density at radius 3 is 2.77 bits per heavy atom. The summed E-state index contributed by atoms with van der Waals surface area (Å²) in [5.41, 5.74) is 1.39. The Balaban J connectivity index is 1.29. The van der Waals surface area contributed by atoms with Gasteiger partial charge in [-0.3, -0.25) is 0 Å². The molecule has 212 valence electrons. The van der Waals surface area contributed by atoms with Gasteiger partial charge in [0.05, 0.1) is 27.2 Å². The van der Waals surface area contributed by atoms with E-state index in [0.717, 1.165) is 56.2 Å². The summed E-state index contributed by atoms with van der Waals surface area (Å²) in [6.45, 7) is 0.989. The van der Waals surface area contributed by atoms with E-state index >= 15 is 4.39 Å². The summed E-state index contributed by atoms with van der Waals surface area (Å²) in [4.78, 5) is 15.8. The number of halogens is 2. The van der Waals surface area contributed by atoms with Crippen LogP contribution in [0.4, 0.5) is 20.3 Å². The second-order valence-corrected chi connectivity index (χ2v) is 12.1. The van der Waals surface area contributed by atoms with Crippen molar-refractivity contribution in [2.75, 3.05) is 56.6 Å². The van der Waals surface area contributed by atoms with Gasteiger partial charge in [-0.25, -0.2) is 8.78 Å². The first-order valence-corrected chi connectivity index (χ1v) is 14.1. The Labute approximate surface area is 235 Å². The fourth-order valence-electron chi connectivity index (χ4n) is 6.66. The lowest BCUT2D eigenvalue weighted by atomic mass is 9.92. The van der Waals surface area contributed by atoms with E-state index in [1.165, 1.54) is 18.2 Å². The molecule has 0 amide bonds. The van der Waals surface area contributed by atoms with Crippen LogP contribution in [-0.2, 0) is 13.0 Å². The molecule has 2 aromatic carbocycles. The Morgan fingerprint density at radius 2 is 2.08 bits per heavy atom. The Bertz CT molecular complexity index is 1540. The number of nitrogens with zero attached hydrogens (tertiary/aromatic N) is 5. The van der Waals surface area contributed by atoms with Gasteiger partial charge in [0.25, 0.3) is 0 Å². The van der Waals surface area contributed by atoms with Crippen molar-refractivity contribution < 1.29 is 21.4 Å². The minimum Gasteiger partial charge on any atom is -0.508 e. The summed E-state index contributed by atoms with van der Waals surface area (Å²) in [6, 6.07) is 6.04. The highest BCUT2D eigenvalue weighted by Gasteiger charge is 2.44. The van der Waals surface area contributed by atoms with Gasteiger partial charge in [0, 0.05) is 60.7 Å². The van der Waals surface area contributed by atoms with Crippen LogP contribution < -0.4 is 19.9 Å². The van der Waals surface area contributed by atoms with Crippen LogP contribution in [0.3, 0.4) is 0 Å². The normalized spacial score (nSPS) is 24.2. The average Bonchev–Trinajstić information content (AvgIpc) is 3.75. The van der Waals surface area contributed by atoms with E-state index in [1.54, 1.807) is 0 Å². The van der Waals surface area contributed by atoms with E-state index < -0.39 is 23.6 Å². The largest absolute Gasteiger partial charge is 0.508 e. The van der Waals surface area contributed by atoms with E-state index in [0.29, 0.717) is 42.3 Å². The van der Waals surface area contributed by atoms with Crippen molar-refractivity contribution in [2.24, 2.45) is 5.41 Å². The number of nitrogens with one attached hydrogen (secondary N) is 1. The van der Waals surface area contributed by atoms with Gasteiger partial charge in [0.2, 0.25) is 0 Å². The monoisotopic (exact) mass is 552 g/mol. The van der Waals surface area contributed by atoms with Gasteiger partial charge in [-0.05, 0) is 63.7 Å². The molecule has 4 aliphatic heterocycles. The van der Waals surface area contributed by atoms with Gasteiger partial charge in [-0.15, -0.1) is 0 Å². The van der Waals surface area contributed by atoms with E-state index in [1.807, 2.05) is 23.9 Å². The highest BCUT2D eigenvalue weighted by molar-refractivity contribution is 5.96. The van der Waals surface area contributed by atoms with Crippen LogP contribution in [0.25, 0.3) is 10.8 Å². The predicted molar refractivity (Wildman–Crippen MR) is 150 cm³/mol. The number of piperidine rings is 2. The zero-order valence-electron chi connectivity index (χ0n) is 24.9. The smallest absolute Gasteiger partial charge is 0.318 e. The molecule has 0 spiro atoms. The third-order valence-corrected chi connectivity index (χ3v) is 8.79. The topological polar surface area (TPSA) is 77.0 Å². The van der Waals surface area contributed by atoms with Gasteiger partial charge in [0.1, 0.15) is 11.6 Å². The molecule has 10 heteroatoms. The number of hydrogen-bond acceptors (Lipinski definition) is 8. The van der Waals surface area contributed by atoms with Crippen molar-refractivity contribution in [1.82, 2.24) is 20.2 Å². The molecule has 3 saturated heterocycles. The molecule has 2 N–H and O–H groups in total. The number of anilines is 2. The van der Waals surface area contributed by atoms with Gasteiger partial charge in [-0.1, -0.05) is 6.07 Å². The number of ether oxygens (including phenoxy) is 1. The number of rotatable bonds is 7. The molecule has 1 aromatic heterocycles. The lowest BCUT2D eigenvalue weighted by Crippen LogP contribution is -2.61. The van der Waals surface area contributed by atoms with E-state index in [-0.39, 0.29) is 29.7 Å². The molecule has 4 fully saturated rings. The summed E-state index contributed by atoms with van der Waals surface area (Å²) in [5.74, 6) is -1.17. The van der Waals surface area contributed by atoms with Gasteiger partial charge in [0.15, 0.2) is 11.6 Å². The third-order valence-electron chi connectivity index (χ3n) is 8.79. The first-order valence-electron chi connectivity index (χ1n) is 15.1. The van der Waals surface area contributed by atoms with Gasteiger partial charge >= 0.3 is 6.01 Å². The van der Waals surface area contributed by atoms with Crippen LogP contribution >= 0.6 is 0 Å². The van der Waals surface area contributed by atoms with Crippen molar-refractivity contribution in [1.29, 1.82) is 0 Å². The average molecular weight is 553 g/mol. The third kappa shape index (κ3) is 4.60. The fraction of sp³-hybridized carbons (Fsp3) is 0.533. The van der Waals surface area contributed by atoms with Crippen LogP contribution in [0.2, 0.25) is 0 Å². The molecule has 2 atom stereocenters. The zero-order chi connectivity index (χ0) is 29.4. The Kier molecular flexibility index (Phi) is 5.69. The maximum Gasteiger partial charge on any atom is 0.318 e. The van der Waals surface area contributed by atoms with Crippen LogP contribution in [0.1, 0.15) is 39.7 Å². The predicted octanol–water partition coefficient (Wildman–Crippen LogP) is 3.84. The molecule has 1 saturated carbocycles. The molecule has 1 aliphatic carbocycles. The molecular weight excluding hydrogens is 514 g/mol. The molecule has 5 aliphatic rings. The van der Waals surface area contributed by atoms with E-state index in [2.05, 4.69) is 10.2 Å². The van der Waals surface area contributed by atoms with Crippen molar-refractivity contribution >= 4 is 22.3 Å². The van der Waals surface area contributed by atoms with Crippen LogP contribution in [-0.4, -0.2) is 78.9 Å². The number of phenols is 1. The number of phenolic OH excluding ortho intramolecular Hbond substituents is 1. The molecule has 5 heterocycles. The van der Waals surface area contributed by atoms with Crippen molar-refractivity contribution in [3.8, 4) is 11.8 Å². The quantitative estimate of drug-likeness (QED) is 0.458. The zero-order valence-corrected chi connectivity index (χ0v) is 22.9. The molecule has 2 bridgehead atoms. The number of benzene rings is 2. The number of aromatic hydroxyl groups is 1. The molecular formula is C30H36F2N6O2. The maximum atomic E-state index is 15.1. The van der Waals surface area contributed by atoms with Crippen molar-refractivity contribution in [3.63, 3.8) is 0 Å². The first-order chi connectivity index (χ1) is 20.0. The first kappa shape index (κ1) is 23.5. The Morgan fingerprint density at radius 1 is 1.23 bits per heavy atom. The summed E-state index contributed by atoms with van der Waals surface area (Å²) >= 11 is 0. The second kappa shape index (κ2) is 9.69. The highest BCUT2D eigenvalue weighted by atomic mass is 19.2. The lowest BCUT2D eigenvalue weighted by molar-refractivity contribution is 0.182. The van der Waals surface area contributed by atoms with Crippen molar-refractivity contribution in [2.45, 2.75) is 50.7 Å². The highest BCUT2D eigenvalue weighted by Crippen LogP contribution is 2.46. The van der Waals surface area contributed by atoms with E-state index in [9.17, 15) is 9.50 Å². The number of piperazine rings is 1. The molecule has 2 unspecified atom stereocenters. The van der Waals surface area contributed by atoms with Gasteiger partial charge < -0.3 is 29.9 Å². The minimum absolute atomic E-state index is 0.00645.